The van der Waals surface area contributed by atoms with Crippen LogP contribution in [0.25, 0.3) is 0 Å². The van der Waals surface area contributed by atoms with Gasteiger partial charge in [0.15, 0.2) is 17.3 Å². The molecule has 0 heterocycles. The molecule has 0 spiro atoms. The van der Waals surface area contributed by atoms with Crippen LogP contribution in [0.4, 0.5) is 14.5 Å². The topological polar surface area (TPSA) is 66.7 Å². The van der Waals surface area contributed by atoms with Crippen molar-refractivity contribution in [3.8, 4) is 0 Å². The molecule has 0 bridgehead atoms. The summed E-state index contributed by atoms with van der Waals surface area (Å²) in [5.74, 6) is -4.05. The molecule has 68 valence electrons. The van der Waals surface area contributed by atoms with E-state index in [0.717, 1.165) is 0 Å². The Bertz CT molecular complexity index is 355. The third kappa shape index (κ3) is 1.66. The highest BCUT2D eigenvalue weighted by Gasteiger charge is 2.14. The van der Waals surface area contributed by atoms with Crippen LogP contribution in [-0.2, 0) is 0 Å². The molecule has 0 amide bonds. The first-order valence-corrected chi connectivity index (χ1v) is 3.12. The minimum atomic E-state index is -1.48. The summed E-state index contributed by atoms with van der Waals surface area (Å²) in [7, 11) is 0. The molecule has 1 rings (SSSR count). The van der Waals surface area contributed by atoms with Gasteiger partial charge in [0, 0.05) is 0 Å². The van der Waals surface area contributed by atoms with Gasteiger partial charge >= 0.3 is 5.97 Å². The van der Waals surface area contributed by atoms with E-state index >= 15 is 0 Å². The van der Waals surface area contributed by atoms with Crippen LogP contribution < -0.4 is 0 Å². The molecule has 0 aliphatic rings. The minimum absolute atomic E-state index is 0.530. The second-order valence-corrected chi connectivity index (χ2v) is 2.18. The molecule has 0 saturated carbocycles. The number of nitroso groups, excluding NO2 is 1. The van der Waals surface area contributed by atoms with Gasteiger partial charge in [-0.2, -0.15) is 0 Å². The molecule has 13 heavy (non-hydrogen) atoms. The first-order valence-electron chi connectivity index (χ1n) is 3.12. The Balaban J connectivity index is 3.36. The average molecular weight is 187 g/mol. The van der Waals surface area contributed by atoms with E-state index < -0.39 is 28.9 Å². The van der Waals surface area contributed by atoms with E-state index in [-0.39, 0.29) is 0 Å². The third-order valence-electron chi connectivity index (χ3n) is 1.36. The second kappa shape index (κ2) is 3.26. The maximum atomic E-state index is 12.7. The van der Waals surface area contributed by atoms with Crippen LogP contribution in [-0.4, -0.2) is 11.1 Å². The molecule has 0 unspecified atom stereocenters. The van der Waals surface area contributed by atoms with Crippen LogP contribution >= 0.6 is 0 Å². The van der Waals surface area contributed by atoms with Crippen molar-refractivity contribution >= 4 is 11.7 Å². The van der Waals surface area contributed by atoms with Crippen LogP contribution in [0.2, 0.25) is 0 Å². The van der Waals surface area contributed by atoms with Gasteiger partial charge in [-0.3, -0.25) is 0 Å². The quantitative estimate of drug-likeness (QED) is 0.720. The molecule has 0 radical (unpaired) electrons. The van der Waals surface area contributed by atoms with Crippen molar-refractivity contribution in [3.63, 3.8) is 0 Å². The van der Waals surface area contributed by atoms with Crippen molar-refractivity contribution < 1.29 is 18.7 Å². The predicted octanol–water partition coefficient (Wildman–Crippen LogP) is 2.06. The molecule has 0 aliphatic heterocycles. The van der Waals surface area contributed by atoms with E-state index in [9.17, 15) is 18.5 Å². The smallest absolute Gasteiger partial charge is 0.335 e. The van der Waals surface area contributed by atoms with Crippen LogP contribution in [0.5, 0.6) is 0 Å². The Labute approximate surface area is 70.8 Å². The summed E-state index contributed by atoms with van der Waals surface area (Å²) in [6.07, 6.45) is 0. The fourth-order valence-electron chi connectivity index (χ4n) is 0.776. The van der Waals surface area contributed by atoms with Gasteiger partial charge in [0.1, 0.15) is 0 Å². The molecule has 0 saturated heterocycles. The van der Waals surface area contributed by atoms with Crippen LogP contribution in [0.15, 0.2) is 17.3 Å². The monoisotopic (exact) mass is 187 g/mol. The molecule has 4 nitrogen and oxygen atoms in total. The molecule has 0 atom stereocenters. The van der Waals surface area contributed by atoms with E-state index in [1.165, 1.54) is 0 Å². The van der Waals surface area contributed by atoms with Gasteiger partial charge in [-0.1, -0.05) is 0 Å². The van der Waals surface area contributed by atoms with E-state index in [2.05, 4.69) is 5.18 Å². The third-order valence-corrected chi connectivity index (χ3v) is 1.36. The summed E-state index contributed by atoms with van der Waals surface area (Å²) in [5, 5.41) is 10.4. The number of aromatic carboxylic acids is 1. The average Bonchev–Trinajstić information content (AvgIpc) is 2.03. The van der Waals surface area contributed by atoms with Crippen molar-refractivity contribution in [2.45, 2.75) is 0 Å². The number of halogens is 2. The zero-order valence-corrected chi connectivity index (χ0v) is 6.12. The lowest BCUT2D eigenvalue weighted by Gasteiger charge is -1.97. The number of carboxylic acid groups (broad SMARTS) is 1. The fraction of sp³-hybridized carbons (Fsp3) is 0. The van der Waals surface area contributed by atoms with Crippen LogP contribution in [0.1, 0.15) is 10.4 Å². The molecule has 1 N–H and O–H groups in total. The first-order chi connectivity index (χ1) is 6.06. The van der Waals surface area contributed by atoms with Gasteiger partial charge in [0.05, 0.1) is 5.56 Å². The SMILES string of the molecule is O=Nc1c(F)cc(C(=O)O)cc1F. The summed E-state index contributed by atoms with van der Waals surface area (Å²) >= 11 is 0. The lowest BCUT2D eigenvalue weighted by atomic mass is 10.2. The summed E-state index contributed by atoms with van der Waals surface area (Å²) in [6.45, 7) is 0. The minimum Gasteiger partial charge on any atom is -0.478 e. The van der Waals surface area contributed by atoms with Crippen molar-refractivity contribution in [3.05, 3.63) is 34.2 Å². The summed E-state index contributed by atoms with van der Waals surface area (Å²) in [6, 6.07) is 1.06. The van der Waals surface area contributed by atoms with Gasteiger partial charge in [0.2, 0.25) is 0 Å². The lowest BCUT2D eigenvalue weighted by Crippen LogP contribution is -1.98. The summed E-state index contributed by atoms with van der Waals surface area (Å²) in [5.41, 5.74) is -1.58. The maximum absolute atomic E-state index is 12.7. The Morgan fingerprint density at radius 2 is 1.77 bits per heavy atom. The highest BCUT2D eigenvalue weighted by Crippen LogP contribution is 2.23. The maximum Gasteiger partial charge on any atom is 0.335 e. The Kier molecular flexibility index (Phi) is 2.32. The number of rotatable bonds is 2. The van der Waals surface area contributed by atoms with Crippen molar-refractivity contribution in [2.75, 3.05) is 0 Å². The van der Waals surface area contributed by atoms with Crippen LogP contribution in [0.3, 0.4) is 0 Å². The van der Waals surface area contributed by atoms with Gasteiger partial charge in [-0.15, -0.1) is 4.91 Å². The van der Waals surface area contributed by atoms with E-state index in [1.807, 2.05) is 0 Å². The number of carbonyl (C=O) groups is 1. The van der Waals surface area contributed by atoms with Gasteiger partial charge in [0.25, 0.3) is 0 Å². The standard InChI is InChI=1S/C7H3F2NO3/c8-4-1-3(7(11)12)2-5(9)6(4)10-13/h1-2H,(H,11,12). The van der Waals surface area contributed by atoms with Gasteiger partial charge < -0.3 is 5.11 Å². The van der Waals surface area contributed by atoms with E-state index in [4.69, 9.17) is 5.11 Å². The number of nitrogens with zero attached hydrogens (tertiary/aromatic N) is 1. The summed E-state index contributed by atoms with van der Waals surface area (Å²) in [4.78, 5) is 20.1. The fourth-order valence-corrected chi connectivity index (χ4v) is 0.776. The second-order valence-electron chi connectivity index (χ2n) is 2.18. The molecule has 1 aromatic rings. The van der Waals surface area contributed by atoms with Crippen molar-refractivity contribution in [2.24, 2.45) is 5.18 Å². The zero-order valence-electron chi connectivity index (χ0n) is 6.12. The van der Waals surface area contributed by atoms with Crippen molar-refractivity contribution in [1.82, 2.24) is 0 Å². The molecular formula is C7H3F2NO3. The van der Waals surface area contributed by atoms with E-state index in [0.29, 0.717) is 12.1 Å². The number of hydrogen-bond donors (Lipinski definition) is 1. The predicted molar refractivity (Wildman–Crippen MR) is 38.8 cm³/mol. The Morgan fingerprint density at radius 3 is 2.08 bits per heavy atom. The first kappa shape index (κ1) is 9.24. The largest absolute Gasteiger partial charge is 0.478 e. The molecule has 6 heteroatoms. The van der Waals surface area contributed by atoms with Gasteiger partial charge in [-0.25, -0.2) is 13.6 Å². The molecule has 0 aliphatic carbocycles. The van der Waals surface area contributed by atoms with Crippen LogP contribution in [0, 0.1) is 16.5 Å². The molecule has 0 fully saturated rings. The lowest BCUT2D eigenvalue weighted by molar-refractivity contribution is 0.0696. The molecule has 0 aromatic heterocycles. The molecule has 1 aromatic carbocycles. The van der Waals surface area contributed by atoms with Crippen molar-refractivity contribution in [1.29, 1.82) is 0 Å². The number of hydrogen-bond acceptors (Lipinski definition) is 3. The Morgan fingerprint density at radius 1 is 1.31 bits per heavy atom. The Hall–Kier alpha value is -1.85. The van der Waals surface area contributed by atoms with Gasteiger partial charge in [-0.05, 0) is 17.3 Å². The summed E-state index contributed by atoms with van der Waals surface area (Å²) < 4.78 is 25.3. The zero-order chi connectivity index (χ0) is 10.0. The highest BCUT2D eigenvalue weighted by atomic mass is 19.1. The van der Waals surface area contributed by atoms with E-state index in [1.54, 1.807) is 0 Å². The highest BCUT2D eigenvalue weighted by molar-refractivity contribution is 5.88. The number of carboxylic acids is 1. The number of benzene rings is 1. The normalized spacial score (nSPS) is 9.69. The molecular weight excluding hydrogens is 184 g/mol.